The molecule has 1 fully saturated rings. The van der Waals surface area contributed by atoms with E-state index < -0.39 is 0 Å². The van der Waals surface area contributed by atoms with Crippen molar-refractivity contribution < 1.29 is 14.3 Å². The highest BCUT2D eigenvalue weighted by Crippen LogP contribution is 2.25. The minimum absolute atomic E-state index is 0.0873. The van der Waals surface area contributed by atoms with Gasteiger partial charge in [0, 0.05) is 32.6 Å². The van der Waals surface area contributed by atoms with Gasteiger partial charge in [-0.3, -0.25) is 9.59 Å². The Hall–Kier alpha value is -2.82. The van der Waals surface area contributed by atoms with E-state index in [2.05, 4.69) is 12.1 Å². The highest BCUT2D eigenvalue weighted by atomic mass is 16.5. The fourth-order valence-corrected chi connectivity index (χ4v) is 4.15. The first-order valence-electron chi connectivity index (χ1n) is 9.90. The lowest BCUT2D eigenvalue weighted by Crippen LogP contribution is -2.40. The van der Waals surface area contributed by atoms with Crippen LogP contribution in [0.2, 0.25) is 0 Å². The number of carbonyl (C=O) groups excluding carboxylic acids is 2. The first kappa shape index (κ1) is 18.5. The molecule has 2 amide bonds. The fourth-order valence-electron chi connectivity index (χ4n) is 4.15. The maximum atomic E-state index is 13.0. The van der Waals surface area contributed by atoms with Gasteiger partial charge in [-0.15, -0.1) is 0 Å². The molecule has 0 aliphatic carbocycles. The molecule has 0 aromatic heterocycles. The van der Waals surface area contributed by atoms with Crippen LogP contribution in [-0.2, 0) is 29.0 Å². The molecule has 0 bridgehead atoms. The number of benzene rings is 2. The van der Waals surface area contributed by atoms with Crippen LogP contribution in [0.5, 0.6) is 5.75 Å². The van der Waals surface area contributed by atoms with E-state index in [1.165, 1.54) is 11.1 Å². The highest BCUT2D eigenvalue weighted by Gasteiger charge is 2.36. The predicted molar refractivity (Wildman–Crippen MR) is 107 cm³/mol. The number of fused-ring (bicyclic) bond motifs is 1. The summed E-state index contributed by atoms with van der Waals surface area (Å²) < 4.78 is 5.18. The van der Waals surface area contributed by atoms with Crippen molar-refractivity contribution in [3.63, 3.8) is 0 Å². The van der Waals surface area contributed by atoms with E-state index in [0.29, 0.717) is 26.1 Å². The van der Waals surface area contributed by atoms with Crippen LogP contribution in [0, 0.1) is 5.92 Å². The van der Waals surface area contributed by atoms with Gasteiger partial charge >= 0.3 is 0 Å². The SMILES string of the molecule is COc1ccc(CCN2CC(C(=O)N3CCc4ccccc4C3)CC2=O)cc1. The first-order valence-corrected chi connectivity index (χ1v) is 9.90. The van der Waals surface area contributed by atoms with Gasteiger partial charge in [0.1, 0.15) is 5.75 Å². The monoisotopic (exact) mass is 378 g/mol. The number of amides is 2. The number of methoxy groups -OCH3 is 1. The summed E-state index contributed by atoms with van der Waals surface area (Å²) in [6.07, 6.45) is 2.01. The summed E-state index contributed by atoms with van der Waals surface area (Å²) in [6.45, 7) is 2.58. The van der Waals surface area contributed by atoms with Gasteiger partial charge in [-0.25, -0.2) is 0 Å². The van der Waals surface area contributed by atoms with E-state index in [1.807, 2.05) is 46.2 Å². The van der Waals surface area contributed by atoms with Crippen LogP contribution in [0.4, 0.5) is 0 Å². The number of hydrogen-bond acceptors (Lipinski definition) is 3. The third kappa shape index (κ3) is 3.88. The number of ether oxygens (including phenoxy) is 1. The summed E-state index contributed by atoms with van der Waals surface area (Å²) in [5, 5.41) is 0. The van der Waals surface area contributed by atoms with Crippen LogP contribution in [0.25, 0.3) is 0 Å². The van der Waals surface area contributed by atoms with Crippen molar-refractivity contribution in [2.45, 2.75) is 25.8 Å². The third-order valence-electron chi connectivity index (χ3n) is 5.84. The second-order valence-corrected chi connectivity index (χ2v) is 7.62. The first-order chi connectivity index (χ1) is 13.6. The normalized spacial score (nSPS) is 18.9. The van der Waals surface area contributed by atoms with E-state index in [-0.39, 0.29) is 17.7 Å². The Kier molecular flexibility index (Phi) is 5.33. The molecule has 1 atom stereocenters. The lowest BCUT2D eigenvalue weighted by Gasteiger charge is -2.30. The Bertz CT molecular complexity index is 862. The van der Waals surface area contributed by atoms with Crippen LogP contribution < -0.4 is 4.74 Å². The topological polar surface area (TPSA) is 49.9 Å². The van der Waals surface area contributed by atoms with E-state index >= 15 is 0 Å². The average molecular weight is 378 g/mol. The summed E-state index contributed by atoms with van der Waals surface area (Å²) >= 11 is 0. The summed E-state index contributed by atoms with van der Waals surface area (Å²) in [5.41, 5.74) is 3.72. The van der Waals surface area contributed by atoms with E-state index in [4.69, 9.17) is 4.74 Å². The van der Waals surface area contributed by atoms with Crippen molar-refractivity contribution in [3.8, 4) is 5.75 Å². The lowest BCUT2D eigenvalue weighted by molar-refractivity contribution is -0.136. The van der Waals surface area contributed by atoms with Gasteiger partial charge in [0.25, 0.3) is 0 Å². The van der Waals surface area contributed by atoms with Crippen LogP contribution in [0.1, 0.15) is 23.1 Å². The van der Waals surface area contributed by atoms with Crippen molar-refractivity contribution in [3.05, 3.63) is 65.2 Å². The van der Waals surface area contributed by atoms with E-state index in [9.17, 15) is 9.59 Å². The summed E-state index contributed by atoms with van der Waals surface area (Å²) in [4.78, 5) is 29.2. The van der Waals surface area contributed by atoms with Gasteiger partial charge in [0.15, 0.2) is 0 Å². The lowest BCUT2D eigenvalue weighted by atomic mass is 9.98. The van der Waals surface area contributed by atoms with Crippen LogP contribution in [0.15, 0.2) is 48.5 Å². The van der Waals surface area contributed by atoms with Crippen molar-refractivity contribution >= 4 is 11.8 Å². The van der Waals surface area contributed by atoms with Crippen LogP contribution >= 0.6 is 0 Å². The molecular formula is C23H26N2O3. The molecule has 1 unspecified atom stereocenters. The second-order valence-electron chi connectivity index (χ2n) is 7.62. The molecule has 2 aromatic rings. The van der Waals surface area contributed by atoms with Crippen LogP contribution in [0.3, 0.4) is 0 Å². The Morgan fingerprint density at radius 1 is 1.11 bits per heavy atom. The van der Waals surface area contributed by atoms with Crippen LogP contribution in [-0.4, -0.2) is 48.4 Å². The average Bonchev–Trinajstić information content (AvgIpc) is 3.12. The molecular weight excluding hydrogens is 352 g/mol. The standard InChI is InChI=1S/C23H26N2O3/c1-28-21-8-6-17(7-9-21)10-12-24-16-20(14-22(24)26)23(27)25-13-11-18-4-2-3-5-19(18)15-25/h2-9,20H,10-16H2,1H3. The molecule has 0 N–H and O–H groups in total. The Morgan fingerprint density at radius 2 is 1.86 bits per heavy atom. The van der Waals surface area contributed by atoms with Crippen molar-refractivity contribution in [1.82, 2.24) is 9.80 Å². The zero-order valence-electron chi connectivity index (χ0n) is 16.3. The van der Waals surface area contributed by atoms with Gasteiger partial charge in [0.2, 0.25) is 11.8 Å². The zero-order valence-corrected chi connectivity index (χ0v) is 16.3. The Labute approximate surface area is 165 Å². The highest BCUT2D eigenvalue weighted by molar-refractivity contribution is 5.89. The molecule has 0 spiro atoms. The molecule has 146 valence electrons. The molecule has 2 heterocycles. The Morgan fingerprint density at radius 3 is 2.61 bits per heavy atom. The molecule has 0 radical (unpaired) electrons. The van der Waals surface area contributed by atoms with Crippen molar-refractivity contribution in [2.24, 2.45) is 5.92 Å². The summed E-state index contributed by atoms with van der Waals surface area (Å²) in [6, 6.07) is 16.2. The zero-order chi connectivity index (χ0) is 19.5. The van der Waals surface area contributed by atoms with E-state index in [0.717, 1.165) is 30.7 Å². The number of carbonyl (C=O) groups is 2. The number of rotatable bonds is 5. The molecule has 2 aromatic carbocycles. The van der Waals surface area contributed by atoms with Crippen molar-refractivity contribution in [1.29, 1.82) is 0 Å². The maximum Gasteiger partial charge on any atom is 0.228 e. The largest absolute Gasteiger partial charge is 0.497 e. The molecule has 2 aliphatic rings. The smallest absolute Gasteiger partial charge is 0.228 e. The molecule has 4 rings (SSSR count). The molecule has 5 nitrogen and oxygen atoms in total. The fraction of sp³-hybridized carbons (Fsp3) is 0.391. The summed E-state index contributed by atoms with van der Waals surface area (Å²) in [7, 11) is 1.65. The molecule has 1 saturated heterocycles. The quantitative estimate of drug-likeness (QED) is 0.804. The summed E-state index contributed by atoms with van der Waals surface area (Å²) in [5.74, 6) is 0.822. The number of hydrogen-bond donors (Lipinski definition) is 0. The minimum atomic E-state index is -0.214. The third-order valence-corrected chi connectivity index (χ3v) is 5.84. The van der Waals surface area contributed by atoms with Crippen molar-refractivity contribution in [2.75, 3.05) is 26.7 Å². The van der Waals surface area contributed by atoms with Gasteiger partial charge < -0.3 is 14.5 Å². The van der Waals surface area contributed by atoms with Gasteiger partial charge in [-0.2, -0.15) is 0 Å². The van der Waals surface area contributed by atoms with Gasteiger partial charge in [-0.05, 0) is 41.7 Å². The molecule has 0 saturated carbocycles. The second kappa shape index (κ2) is 8.05. The minimum Gasteiger partial charge on any atom is -0.497 e. The Balaban J connectivity index is 1.33. The number of nitrogens with zero attached hydrogens (tertiary/aromatic N) is 2. The van der Waals surface area contributed by atoms with Gasteiger partial charge in [-0.1, -0.05) is 36.4 Å². The van der Waals surface area contributed by atoms with E-state index in [1.54, 1.807) is 7.11 Å². The number of likely N-dealkylation sites (tertiary alicyclic amines) is 1. The predicted octanol–water partition coefficient (Wildman–Crippen LogP) is 2.67. The maximum absolute atomic E-state index is 13.0. The molecule has 2 aliphatic heterocycles. The molecule has 5 heteroatoms. The molecule has 28 heavy (non-hydrogen) atoms. The van der Waals surface area contributed by atoms with Gasteiger partial charge in [0.05, 0.1) is 13.0 Å².